The molecule has 134 valence electrons. The maximum atomic E-state index is 12.4. The van der Waals surface area contributed by atoms with E-state index in [2.05, 4.69) is 39.7 Å². The fraction of sp³-hybridized carbons (Fsp3) is 0.550. The number of aromatic nitrogens is 2. The van der Waals surface area contributed by atoms with E-state index >= 15 is 0 Å². The molecule has 0 saturated heterocycles. The van der Waals surface area contributed by atoms with Crippen LogP contribution in [0.4, 0.5) is 0 Å². The topological polar surface area (TPSA) is 68.0 Å². The van der Waals surface area contributed by atoms with Crippen LogP contribution >= 0.6 is 0 Å². The Kier molecular flexibility index (Phi) is 6.20. The average molecular weight is 341 g/mol. The smallest absolute Gasteiger partial charge is 0.226 e. The van der Waals surface area contributed by atoms with Gasteiger partial charge in [0.2, 0.25) is 11.8 Å². The highest BCUT2D eigenvalue weighted by atomic mass is 16.5. The Morgan fingerprint density at radius 3 is 2.72 bits per heavy atom. The molecule has 25 heavy (non-hydrogen) atoms. The molecule has 0 aliphatic heterocycles. The third-order valence-corrected chi connectivity index (χ3v) is 4.98. The molecule has 1 aromatic carbocycles. The SMILES string of the molecule is Cc1noc(CCCC(=O)NC(Cc2ccccc2)C2CCCC2)n1. The molecule has 5 nitrogen and oxygen atoms in total. The molecule has 1 N–H and O–H groups in total. The molecule has 1 fully saturated rings. The lowest BCUT2D eigenvalue weighted by molar-refractivity contribution is -0.122. The Morgan fingerprint density at radius 2 is 2.04 bits per heavy atom. The standard InChI is InChI=1S/C20H27N3O2/c1-15-21-20(25-23-15)13-7-12-19(24)22-18(17-10-5-6-11-17)14-16-8-3-2-4-9-16/h2-4,8-9,17-18H,5-7,10-14H2,1H3,(H,22,24). The van der Waals surface area contributed by atoms with Gasteiger partial charge in [-0.15, -0.1) is 0 Å². The van der Waals surface area contributed by atoms with Crippen LogP contribution in [0.5, 0.6) is 0 Å². The first-order valence-corrected chi connectivity index (χ1v) is 9.33. The van der Waals surface area contributed by atoms with Crippen molar-refractivity contribution in [2.45, 2.75) is 64.3 Å². The van der Waals surface area contributed by atoms with Gasteiger partial charge in [0.05, 0.1) is 0 Å². The van der Waals surface area contributed by atoms with Gasteiger partial charge in [-0.25, -0.2) is 0 Å². The second-order valence-electron chi connectivity index (χ2n) is 7.00. The Balaban J connectivity index is 1.50. The number of benzene rings is 1. The second-order valence-corrected chi connectivity index (χ2v) is 7.00. The molecule has 1 aliphatic rings. The number of amides is 1. The van der Waals surface area contributed by atoms with E-state index in [-0.39, 0.29) is 11.9 Å². The third kappa shape index (κ3) is 5.41. The lowest BCUT2D eigenvalue weighted by atomic mass is 9.92. The maximum Gasteiger partial charge on any atom is 0.226 e. The van der Waals surface area contributed by atoms with Gasteiger partial charge in [-0.1, -0.05) is 48.3 Å². The summed E-state index contributed by atoms with van der Waals surface area (Å²) in [7, 11) is 0. The molecule has 0 radical (unpaired) electrons. The lowest BCUT2D eigenvalue weighted by Crippen LogP contribution is -2.41. The highest BCUT2D eigenvalue weighted by Crippen LogP contribution is 2.29. The molecule has 5 heteroatoms. The fourth-order valence-corrected chi connectivity index (χ4v) is 3.68. The Labute approximate surface area is 149 Å². The quantitative estimate of drug-likeness (QED) is 0.796. The van der Waals surface area contributed by atoms with E-state index in [1.165, 1.54) is 31.2 Å². The molecule has 1 aliphatic carbocycles. The van der Waals surface area contributed by atoms with E-state index in [4.69, 9.17) is 4.52 Å². The summed E-state index contributed by atoms with van der Waals surface area (Å²) >= 11 is 0. The first-order valence-electron chi connectivity index (χ1n) is 9.33. The van der Waals surface area contributed by atoms with Crippen LogP contribution in [0.1, 0.15) is 55.8 Å². The summed E-state index contributed by atoms with van der Waals surface area (Å²) in [5.41, 5.74) is 1.29. The van der Waals surface area contributed by atoms with Gasteiger partial charge in [-0.2, -0.15) is 4.98 Å². The molecule has 1 unspecified atom stereocenters. The van der Waals surface area contributed by atoms with Crippen LogP contribution < -0.4 is 5.32 Å². The molecule has 1 aromatic heterocycles. The minimum atomic E-state index is 0.129. The summed E-state index contributed by atoms with van der Waals surface area (Å²) in [5, 5.41) is 7.07. The maximum absolute atomic E-state index is 12.4. The third-order valence-electron chi connectivity index (χ3n) is 4.98. The van der Waals surface area contributed by atoms with Gasteiger partial charge in [0.15, 0.2) is 5.82 Å². The first kappa shape index (κ1) is 17.6. The van der Waals surface area contributed by atoms with E-state index in [0.29, 0.717) is 30.5 Å². The van der Waals surface area contributed by atoms with Crippen LogP contribution in [0.15, 0.2) is 34.9 Å². The number of nitrogens with one attached hydrogen (secondary N) is 1. The molecule has 1 amide bonds. The summed E-state index contributed by atoms with van der Waals surface area (Å²) < 4.78 is 5.09. The van der Waals surface area contributed by atoms with Crippen LogP contribution in [0.3, 0.4) is 0 Å². The number of carbonyl (C=O) groups excluding carboxylic acids is 1. The highest BCUT2D eigenvalue weighted by Gasteiger charge is 2.26. The van der Waals surface area contributed by atoms with Crippen LogP contribution in [-0.2, 0) is 17.6 Å². The zero-order valence-electron chi connectivity index (χ0n) is 14.9. The van der Waals surface area contributed by atoms with E-state index in [9.17, 15) is 4.79 Å². The largest absolute Gasteiger partial charge is 0.353 e. The van der Waals surface area contributed by atoms with Crippen molar-refractivity contribution in [2.75, 3.05) is 0 Å². The average Bonchev–Trinajstić information content (AvgIpc) is 3.27. The summed E-state index contributed by atoms with van der Waals surface area (Å²) in [5.74, 6) is 1.98. The number of hydrogen-bond donors (Lipinski definition) is 1. The first-order chi connectivity index (χ1) is 12.2. The van der Waals surface area contributed by atoms with Gasteiger partial charge in [-0.3, -0.25) is 4.79 Å². The molecule has 2 aromatic rings. The monoisotopic (exact) mass is 341 g/mol. The number of aryl methyl sites for hydroxylation is 2. The van der Waals surface area contributed by atoms with E-state index in [1.807, 2.05) is 6.07 Å². The minimum absolute atomic E-state index is 0.129. The van der Waals surface area contributed by atoms with Crippen molar-refractivity contribution in [3.8, 4) is 0 Å². The van der Waals surface area contributed by atoms with Crippen molar-refractivity contribution < 1.29 is 9.32 Å². The van der Waals surface area contributed by atoms with Gasteiger partial charge in [-0.05, 0) is 44.1 Å². The van der Waals surface area contributed by atoms with Gasteiger partial charge in [0.25, 0.3) is 0 Å². The van der Waals surface area contributed by atoms with Crippen molar-refractivity contribution in [3.63, 3.8) is 0 Å². The predicted octanol–water partition coefficient (Wildman–Crippen LogP) is 3.62. The molecule has 0 bridgehead atoms. The minimum Gasteiger partial charge on any atom is -0.353 e. The predicted molar refractivity (Wildman–Crippen MR) is 96.0 cm³/mol. The number of carbonyl (C=O) groups is 1. The number of nitrogens with zero attached hydrogens (tertiary/aromatic N) is 2. The zero-order valence-corrected chi connectivity index (χ0v) is 14.9. The molecule has 3 rings (SSSR count). The summed E-state index contributed by atoms with van der Waals surface area (Å²) in [6.45, 7) is 1.80. The van der Waals surface area contributed by atoms with Gasteiger partial charge >= 0.3 is 0 Å². The molecule has 1 atom stereocenters. The highest BCUT2D eigenvalue weighted by molar-refractivity contribution is 5.76. The summed E-state index contributed by atoms with van der Waals surface area (Å²) in [6, 6.07) is 10.7. The van der Waals surface area contributed by atoms with Crippen LogP contribution in [0.2, 0.25) is 0 Å². The fourth-order valence-electron chi connectivity index (χ4n) is 3.68. The van der Waals surface area contributed by atoms with Crippen LogP contribution in [0, 0.1) is 12.8 Å². The van der Waals surface area contributed by atoms with Crippen molar-refractivity contribution >= 4 is 5.91 Å². The van der Waals surface area contributed by atoms with Crippen LogP contribution in [-0.4, -0.2) is 22.1 Å². The second kappa shape index (κ2) is 8.79. The molecular formula is C20H27N3O2. The number of hydrogen-bond acceptors (Lipinski definition) is 4. The lowest BCUT2D eigenvalue weighted by Gasteiger charge is -2.25. The van der Waals surface area contributed by atoms with Crippen molar-refractivity contribution in [1.29, 1.82) is 0 Å². The van der Waals surface area contributed by atoms with Crippen molar-refractivity contribution in [3.05, 3.63) is 47.6 Å². The Hall–Kier alpha value is -2.17. The molecule has 1 saturated carbocycles. The molecule has 1 heterocycles. The van der Waals surface area contributed by atoms with Crippen LogP contribution in [0.25, 0.3) is 0 Å². The molecular weight excluding hydrogens is 314 g/mol. The zero-order chi connectivity index (χ0) is 17.5. The molecule has 0 spiro atoms. The van der Waals surface area contributed by atoms with Crippen molar-refractivity contribution in [2.24, 2.45) is 5.92 Å². The normalized spacial score (nSPS) is 16.0. The van der Waals surface area contributed by atoms with Gasteiger partial charge in [0.1, 0.15) is 0 Å². The Morgan fingerprint density at radius 1 is 1.28 bits per heavy atom. The van der Waals surface area contributed by atoms with E-state index in [0.717, 1.165) is 12.8 Å². The summed E-state index contributed by atoms with van der Waals surface area (Å²) in [6.07, 6.45) is 7.81. The Bertz CT molecular complexity index is 663. The van der Waals surface area contributed by atoms with Gasteiger partial charge in [0, 0.05) is 18.9 Å². The summed E-state index contributed by atoms with van der Waals surface area (Å²) in [4.78, 5) is 16.6. The van der Waals surface area contributed by atoms with E-state index in [1.54, 1.807) is 6.92 Å². The number of rotatable bonds is 8. The van der Waals surface area contributed by atoms with E-state index < -0.39 is 0 Å². The van der Waals surface area contributed by atoms with Gasteiger partial charge < -0.3 is 9.84 Å². The van der Waals surface area contributed by atoms with Crippen molar-refractivity contribution in [1.82, 2.24) is 15.5 Å².